The predicted molar refractivity (Wildman–Crippen MR) is 114 cm³/mol. The highest BCUT2D eigenvalue weighted by molar-refractivity contribution is 5.79. The second-order valence-corrected chi connectivity index (χ2v) is 6.32. The summed E-state index contributed by atoms with van der Waals surface area (Å²) >= 11 is 0. The fraction of sp³-hybridized carbons (Fsp3) is 0.0417. The van der Waals surface area contributed by atoms with Crippen LogP contribution in [0, 0.1) is 0 Å². The maximum absolute atomic E-state index is 12.9. The van der Waals surface area contributed by atoms with E-state index in [1.807, 2.05) is 91.0 Å². The first-order valence-electron chi connectivity index (χ1n) is 9.04. The van der Waals surface area contributed by atoms with Gasteiger partial charge in [-0.25, -0.2) is 0 Å². The molecule has 0 atom stereocenters. The lowest BCUT2D eigenvalue weighted by atomic mass is 10.1. The normalized spacial score (nSPS) is 10.5. The Morgan fingerprint density at radius 3 is 2.04 bits per heavy atom. The van der Waals surface area contributed by atoms with Crippen molar-refractivity contribution in [2.75, 3.05) is 12.4 Å². The van der Waals surface area contributed by atoms with E-state index in [1.54, 1.807) is 17.7 Å². The van der Waals surface area contributed by atoms with Gasteiger partial charge in [-0.2, -0.15) is 0 Å². The number of para-hydroxylation sites is 1. The average Bonchev–Trinajstić information content (AvgIpc) is 2.76. The number of hydrogen-bond acceptors (Lipinski definition) is 3. The van der Waals surface area contributed by atoms with Gasteiger partial charge in [0.1, 0.15) is 5.75 Å². The van der Waals surface area contributed by atoms with Gasteiger partial charge >= 0.3 is 0 Å². The third-order valence-corrected chi connectivity index (χ3v) is 4.52. The van der Waals surface area contributed by atoms with E-state index < -0.39 is 0 Å². The number of nitrogens with one attached hydrogen (secondary N) is 1. The van der Waals surface area contributed by atoms with Crippen LogP contribution in [0.3, 0.4) is 0 Å². The van der Waals surface area contributed by atoms with E-state index in [-0.39, 0.29) is 5.56 Å². The smallest absolute Gasteiger partial charge is 0.255 e. The molecule has 4 aromatic rings. The molecule has 0 amide bonds. The van der Waals surface area contributed by atoms with Crippen molar-refractivity contribution in [3.63, 3.8) is 0 Å². The van der Waals surface area contributed by atoms with Gasteiger partial charge in [-0.15, -0.1) is 0 Å². The molecule has 0 saturated carbocycles. The lowest BCUT2D eigenvalue weighted by molar-refractivity contribution is 0.414. The van der Waals surface area contributed by atoms with Crippen molar-refractivity contribution >= 4 is 11.4 Å². The molecule has 1 N–H and O–H groups in total. The standard InChI is InChI=1S/C24H20N2O2/c1-28-21-14-12-20(13-15-21)26-23(27)17-16-22(25-19-10-6-3-7-11-19)24(26)18-8-4-2-5-9-18/h2-17,25H,1H3. The Labute approximate surface area is 163 Å². The molecule has 0 unspecified atom stereocenters. The molecule has 0 aliphatic rings. The lowest BCUT2D eigenvalue weighted by Gasteiger charge is -2.19. The first-order valence-corrected chi connectivity index (χ1v) is 9.04. The minimum Gasteiger partial charge on any atom is -0.497 e. The summed E-state index contributed by atoms with van der Waals surface area (Å²) < 4.78 is 6.98. The van der Waals surface area contributed by atoms with Gasteiger partial charge in [0.15, 0.2) is 0 Å². The summed E-state index contributed by atoms with van der Waals surface area (Å²) in [6.07, 6.45) is 0. The Morgan fingerprint density at radius 2 is 1.39 bits per heavy atom. The van der Waals surface area contributed by atoms with Gasteiger partial charge in [0.2, 0.25) is 0 Å². The van der Waals surface area contributed by atoms with E-state index in [2.05, 4.69) is 5.32 Å². The van der Waals surface area contributed by atoms with E-state index in [0.717, 1.165) is 34.1 Å². The SMILES string of the molecule is COc1ccc(-n2c(-c3ccccc3)c(Nc3ccccc3)ccc2=O)cc1. The largest absolute Gasteiger partial charge is 0.497 e. The summed E-state index contributed by atoms with van der Waals surface area (Å²) in [7, 11) is 1.63. The Morgan fingerprint density at radius 1 is 0.750 bits per heavy atom. The fourth-order valence-corrected chi connectivity index (χ4v) is 3.18. The van der Waals surface area contributed by atoms with Gasteiger partial charge < -0.3 is 10.1 Å². The van der Waals surface area contributed by atoms with Gasteiger partial charge in [0.05, 0.1) is 18.5 Å². The van der Waals surface area contributed by atoms with Gasteiger partial charge in [-0.1, -0.05) is 48.5 Å². The van der Waals surface area contributed by atoms with Gasteiger partial charge in [-0.05, 0) is 42.5 Å². The molecule has 4 heteroatoms. The first-order chi connectivity index (χ1) is 13.8. The van der Waals surface area contributed by atoms with Crippen LogP contribution in [0.2, 0.25) is 0 Å². The van der Waals surface area contributed by atoms with Crippen molar-refractivity contribution in [3.8, 4) is 22.7 Å². The molecular formula is C24H20N2O2. The van der Waals surface area contributed by atoms with Crippen LogP contribution in [0.1, 0.15) is 0 Å². The minimum atomic E-state index is -0.0948. The Balaban J connectivity index is 1.93. The summed E-state index contributed by atoms with van der Waals surface area (Å²) in [5.74, 6) is 0.747. The summed E-state index contributed by atoms with van der Waals surface area (Å²) in [5, 5.41) is 3.45. The number of benzene rings is 3. The molecule has 1 aromatic heterocycles. The fourth-order valence-electron chi connectivity index (χ4n) is 3.18. The Bertz CT molecular complexity index is 1120. The monoisotopic (exact) mass is 368 g/mol. The van der Waals surface area contributed by atoms with Crippen molar-refractivity contribution < 1.29 is 4.74 Å². The van der Waals surface area contributed by atoms with E-state index in [9.17, 15) is 4.79 Å². The zero-order valence-corrected chi connectivity index (χ0v) is 15.5. The van der Waals surface area contributed by atoms with E-state index in [0.29, 0.717) is 0 Å². The summed E-state index contributed by atoms with van der Waals surface area (Å²) in [4.78, 5) is 12.9. The van der Waals surface area contributed by atoms with Crippen LogP contribution in [-0.4, -0.2) is 11.7 Å². The van der Waals surface area contributed by atoms with Crippen molar-refractivity contribution in [3.05, 3.63) is 107 Å². The quantitative estimate of drug-likeness (QED) is 0.523. The number of rotatable bonds is 5. The van der Waals surface area contributed by atoms with Crippen molar-refractivity contribution in [2.45, 2.75) is 0 Å². The predicted octanol–water partition coefficient (Wildman–Crippen LogP) is 5.26. The van der Waals surface area contributed by atoms with E-state index in [4.69, 9.17) is 4.74 Å². The third kappa shape index (κ3) is 3.53. The van der Waals surface area contributed by atoms with Gasteiger partial charge in [0.25, 0.3) is 5.56 Å². The van der Waals surface area contributed by atoms with Crippen molar-refractivity contribution in [1.82, 2.24) is 4.57 Å². The lowest BCUT2D eigenvalue weighted by Crippen LogP contribution is -2.20. The van der Waals surface area contributed by atoms with Crippen LogP contribution in [-0.2, 0) is 0 Å². The molecule has 0 fully saturated rings. The van der Waals surface area contributed by atoms with Crippen LogP contribution >= 0.6 is 0 Å². The summed E-state index contributed by atoms with van der Waals surface area (Å²) in [5.41, 5.74) is 4.26. The second-order valence-electron chi connectivity index (χ2n) is 6.32. The maximum Gasteiger partial charge on any atom is 0.255 e. The first kappa shape index (κ1) is 17.6. The van der Waals surface area contributed by atoms with Crippen LogP contribution in [0.25, 0.3) is 16.9 Å². The number of nitrogens with zero attached hydrogens (tertiary/aromatic N) is 1. The Kier molecular flexibility index (Phi) is 4.93. The molecule has 0 saturated heterocycles. The number of methoxy groups -OCH3 is 1. The number of hydrogen-bond donors (Lipinski definition) is 1. The number of anilines is 2. The summed E-state index contributed by atoms with van der Waals surface area (Å²) in [6, 6.07) is 30.7. The van der Waals surface area contributed by atoms with Crippen LogP contribution in [0.15, 0.2) is 102 Å². The highest BCUT2D eigenvalue weighted by Crippen LogP contribution is 2.31. The van der Waals surface area contributed by atoms with Crippen molar-refractivity contribution in [2.24, 2.45) is 0 Å². The second kappa shape index (κ2) is 7.84. The van der Waals surface area contributed by atoms with Gasteiger partial charge in [0, 0.05) is 23.0 Å². The number of pyridine rings is 1. The zero-order chi connectivity index (χ0) is 19.3. The molecule has 1 heterocycles. The maximum atomic E-state index is 12.9. The van der Waals surface area contributed by atoms with Crippen LogP contribution in [0.5, 0.6) is 5.75 Å². The van der Waals surface area contributed by atoms with Crippen LogP contribution < -0.4 is 15.6 Å². The minimum absolute atomic E-state index is 0.0948. The number of aromatic nitrogens is 1. The molecule has 4 nitrogen and oxygen atoms in total. The van der Waals surface area contributed by atoms with Crippen molar-refractivity contribution in [1.29, 1.82) is 0 Å². The molecule has 28 heavy (non-hydrogen) atoms. The molecule has 3 aromatic carbocycles. The Hall–Kier alpha value is -3.79. The average molecular weight is 368 g/mol. The molecular weight excluding hydrogens is 348 g/mol. The van der Waals surface area contributed by atoms with E-state index in [1.165, 1.54) is 0 Å². The molecule has 0 aliphatic carbocycles. The topological polar surface area (TPSA) is 43.3 Å². The van der Waals surface area contributed by atoms with Gasteiger partial charge in [-0.3, -0.25) is 9.36 Å². The third-order valence-electron chi connectivity index (χ3n) is 4.52. The molecule has 0 bridgehead atoms. The molecule has 138 valence electrons. The molecule has 0 aliphatic heterocycles. The highest BCUT2D eigenvalue weighted by atomic mass is 16.5. The highest BCUT2D eigenvalue weighted by Gasteiger charge is 2.14. The summed E-state index contributed by atoms with van der Waals surface area (Å²) in [6.45, 7) is 0. The number of ether oxygens (including phenoxy) is 1. The van der Waals surface area contributed by atoms with Crippen LogP contribution in [0.4, 0.5) is 11.4 Å². The zero-order valence-electron chi connectivity index (χ0n) is 15.5. The molecule has 4 rings (SSSR count). The molecule has 0 spiro atoms. The molecule has 0 radical (unpaired) electrons. The van der Waals surface area contributed by atoms with E-state index >= 15 is 0 Å².